The number of hydrogen-bond acceptors (Lipinski definition) is 3. The minimum atomic E-state index is 0.466. The van der Waals surface area contributed by atoms with Crippen LogP contribution >= 0.6 is 0 Å². The van der Waals surface area contributed by atoms with E-state index in [9.17, 15) is 0 Å². The Morgan fingerprint density at radius 3 is 2.61 bits per heavy atom. The van der Waals surface area contributed by atoms with E-state index in [0.717, 1.165) is 44.3 Å². The Morgan fingerprint density at radius 1 is 1.11 bits per heavy atom. The zero-order chi connectivity index (χ0) is 19.3. The van der Waals surface area contributed by atoms with Crippen LogP contribution in [0, 0.1) is 6.92 Å². The number of aliphatic imine (C=N–C) groups is 1. The molecule has 1 saturated carbocycles. The number of hydrogen-bond donors (Lipinski definition) is 2. The molecule has 1 aromatic carbocycles. The van der Waals surface area contributed by atoms with Gasteiger partial charge in [-0.1, -0.05) is 30.3 Å². The molecule has 2 N–H and O–H groups in total. The Balaban J connectivity index is 1.29. The number of guanidine groups is 1. The fourth-order valence-corrected chi connectivity index (χ4v) is 4.15. The number of aryl methyl sites for hydroxylation is 1. The Kier molecular flexibility index (Phi) is 5.79. The van der Waals surface area contributed by atoms with Gasteiger partial charge in [0.1, 0.15) is 5.82 Å². The van der Waals surface area contributed by atoms with Gasteiger partial charge in [0.05, 0.1) is 0 Å². The standard InChI is InChI=1S/C23H31N5/c1-3-24-23(27-21-16-20(21)19-9-5-4-8-17(19)2)26-18-11-14-28(15-12-18)22-10-6-7-13-25-22/h4-10,13,18,20-21H,3,11-12,14-16H2,1-2H3,(H2,24,26,27). The van der Waals surface area contributed by atoms with E-state index < -0.39 is 0 Å². The largest absolute Gasteiger partial charge is 0.356 e. The average Bonchev–Trinajstić information content (AvgIpc) is 3.48. The Morgan fingerprint density at radius 2 is 1.89 bits per heavy atom. The maximum absolute atomic E-state index is 4.69. The second-order valence-corrected chi connectivity index (χ2v) is 7.87. The molecule has 0 bridgehead atoms. The summed E-state index contributed by atoms with van der Waals surface area (Å²) in [4.78, 5) is 11.5. The number of aromatic nitrogens is 1. The molecule has 148 valence electrons. The summed E-state index contributed by atoms with van der Waals surface area (Å²) in [7, 11) is 0. The van der Waals surface area contributed by atoms with Crippen molar-refractivity contribution < 1.29 is 0 Å². The highest BCUT2D eigenvalue weighted by Crippen LogP contribution is 2.42. The van der Waals surface area contributed by atoms with Crippen molar-refractivity contribution in [2.24, 2.45) is 4.99 Å². The van der Waals surface area contributed by atoms with Crippen LogP contribution in [0.2, 0.25) is 0 Å². The Labute approximate surface area is 168 Å². The molecule has 2 atom stereocenters. The number of pyridine rings is 1. The maximum Gasteiger partial charge on any atom is 0.191 e. The topological polar surface area (TPSA) is 52.6 Å². The summed E-state index contributed by atoms with van der Waals surface area (Å²) in [6, 6.07) is 15.8. The zero-order valence-corrected chi connectivity index (χ0v) is 16.9. The van der Waals surface area contributed by atoms with E-state index in [1.165, 1.54) is 17.5 Å². The third-order valence-corrected chi connectivity index (χ3v) is 5.83. The second-order valence-electron chi connectivity index (χ2n) is 7.87. The smallest absolute Gasteiger partial charge is 0.191 e. The molecule has 2 unspecified atom stereocenters. The van der Waals surface area contributed by atoms with Gasteiger partial charge in [-0.25, -0.2) is 4.98 Å². The highest BCUT2D eigenvalue weighted by atomic mass is 15.2. The lowest BCUT2D eigenvalue weighted by molar-refractivity contribution is 0.459. The lowest BCUT2D eigenvalue weighted by atomic mass is 10.0. The molecule has 2 aliphatic rings. The van der Waals surface area contributed by atoms with Crippen molar-refractivity contribution >= 4 is 11.8 Å². The summed E-state index contributed by atoms with van der Waals surface area (Å²) in [6.45, 7) is 7.16. The molecular weight excluding hydrogens is 346 g/mol. The van der Waals surface area contributed by atoms with Gasteiger partial charge in [-0.2, -0.15) is 0 Å². The summed E-state index contributed by atoms with van der Waals surface area (Å²) in [5.74, 6) is 2.66. The molecule has 0 radical (unpaired) electrons. The molecular formula is C23H31N5. The highest BCUT2D eigenvalue weighted by molar-refractivity contribution is 5.81. The molecule has 5 nitrogen and oxygen atoms in total. The molecule has 2 aromatic rings. The fraction of sp³-hybridized carbons (Fsp3) is 0.478. The lowest BCUT2D eigenvalue weighted by Crippen LogP contribution is -2.49. The third-order valence-electron chi connectivity index (χ3n) is 5.83. The summed E-state index contributed by atoms with van der Waals surface area (Å²) in [5.41, 5.74) is 2.86. The molecule has 1 saturated heterocycles. The van der Waals surface area contributed by atoms with Crippen LogP contribution in [0.25, 0.3) is 0 Å². The molecule has 4 rings (SSSR count). The second kappa shape index (κ2) is 8.63. The summed E-state index contributed by atoms with van der Waals surface area (Å²) >= 11 is 0. The monoisotopic (exact) mass is 377 g/mol. The van der Waals surface area contributed by atoms with E-state index in [-0.39, 0.29) is 0 Å². The summed E-state index contributed by atoms with van der Waals surface area (Å²) < 4.78 is 0. The number of piperidine rings is 1. The van der Waals surface area contributed by atoms with E-state index in [1.807, 2.05) is 12.3 Å². The first-order chi connectivity index (χ1) is 13.7. The third kappa shape index (κ3) is 4.46. The van der Waals surface area contributed by atoms with Gasteiger partial charge in [0.15, 0.2) is 5.96 Å². The van der Waals surface area contributed by atoms with Gasteiger partial charge in [0.2, 0.25) is 0 Å². The normalized spacial score (nSPS) is 22.8. The molecule has 28 heavy (non-hydrogen) atoms. The van der Waals surface area contributed by atoms with E-state index in [2.05, 4.69) is 70.8 Å². The van der Waals surface area contributed by atoms with Crippen molar-refractivity contribution in [1.29, 1.82) is 0 Å². The van der Waals surface area contributed by atoms with Gasteiger partial charge < -0.3 is 15.5 Å². The molecule has 5 heteroatoms. The van der Waals surface area contributed by atoms with Crippen molar-refractivity contribution in [3.8, 4) is 0 Å². The van der Waals surface area contributed by atoms with Crippen molar-refractivity contribution in [3.63, 3.8) is 0 Å². The van der Waals surface area contributed by atoms with Crippen LogP contribution < -0.4 is 15.5 Å². The van der Waals surface area contributed by atoms with Crippen LogP contribution in [0.4, 0.5) is 5.82 Å². The van der Waals surface area contributed by atoms with Crippen LogP contribution in [0.3, 0.4) is 0 Å². The minimum Gasteiger partial charge on any atom is -0.356 e. The molecule has 1 aliphatic heterocycles. The zero-order valence-electron chi connectivity index (χ0n) is 16.9. The summed E-state index contributed by atoms with van der Waals surface area (Å²) in [6.07, 6.45) is 5.27. The number of rotatable bonds is 5. The lowest BCUT2D eigenvalue weighted by Gasteiger charge is -2.33. The van der Waals surface area contributed by atoms with Gasteiger partial charge >= 0.3 is 0 Å². The fourth-order valence-electron chi connectivity index (χ4n) is 4.15. The highest BCUT2D eigenvalue weighted by Gasteiger charge is 2.40. The SMILES string of the molecule is CCN=C(NC1CCN(c2ccccn2)CC1)NC1CC1c1ccccc1C. The van der Waals surface area contributed by atoms with E-state index >= 15 is 0 Å². The van der Waals surface area contributed by atoms with Crippen LogP contribution in [0.15, 0.2) is 53.7 Å². The first-order valence-corrected chi connectivity index (χ1v) is 10.5. The molecule has 0 spiro atoms. The first-order valence-electron chi connectivity index (χ1n) is 10.5. The van der Waals surface area contributed by atoms with Gasteiger partial charge in [0, 0.05) is 43.8 Å². The Hall–Kier alpha value is -2.56. The van der Waals surface area contributed by atoms with Crippen LogP contribution in [0.5, 0.6) is 0 Å². The van der Waals surface area contributed by atoms with Crippen LogP contribution in [-0.2, 0) is 0 Å². The average molecular weight is 378 g/mol. The predicted octanol–water partition coefficient (Wildman–Crippen LogP) is 3.47. The predicted molar refractivity (Wildman–Crippen MR) is 116 cm³/mol. The molecule has 0 amide bonds. The van der Waals surface area contributed by atoms with Gasteiger partial charge in [-0.3, -0.25) is 4.99 Å². The number of nitrogens with zero attached hydrogens (tertiary/aromatic N) is 3. The van der Waals surface area contributed by atoms with Gasteiger partial charge in [-0.05, 0) is 56.4 Å². The Bertz CT molecular complexity index is 796. The minimum absolute atomic E-state index is 0.466. The first kappa shape index (κ1) is 18.8. The quantitative estimate of drug-likeness (QED) is 0.619. The van der Waals surface area contributed by atoms with Crippen LogP contribution in [-0.4, -0.2) is 42.7 Å². The van der Waals surface area contributed by atoms with Crippen molar-refractivity contribution in [2.75, 3.05) is 24.5 Å². The van der Waals surface area contributed by atoms with E-state index in [1.54, 1.807) is 0 Å². The van der Waals surface area contributed by atoms with Gasteiger partial charge in [0.25, 0.3) is 0 Å². The maximum atomic E-state index is 4.69. The molecule has 2 heterocycles. The van der Waals surface area contributed by atoms with E-state index in [4.69, 9.17) is 4.99 Å². The van der Waals surface area contributed by atoms with Gasteiger partial charge in [-0.15, -0.1) is 0 Å². The summed E-state index contributed by atoms with van der Waals surface area (Å²) in [5, 5.41) is 7.35. The van der Waals surface area contributed by atoms with Crippen molar-refractivity contribution in [1.82, 2.24) is 15.6 Å². The van der Waals surface area contributed by atoms with Crippen molar-refractivity contribution in [2.45, 2.75) is 51.1 Å². The number of anilines is 1. The van der Waals surface area contributed by atoms with Crippen LogP contribution in [0.1, 0.15) is 43.2 Å². The number of benzene rings is 1. The van der Waals surface area contributed by atoms with Crippen molar-refractivity contribution in [3.05, 3.63) is 59.8 Å². The molecule has 1 aromatic heterocycles. The number of nitrogens with one attached hydrogen (secondary N) is 2. The van der Waals surface area contributed by atoms with E-state index in [0.29, 0.717) is 18.0 Å². The molecule has 1 aliphatic carbocycles. The molecule has 2 fully saturated rings.